The van der Waals surface area contributed by atoms with Crippen LogP contribution < -0.4 is 15.6 Å². The van der Waals surface area contributed by atoms with Crippen molar-refractivity contribution in [1.82, 2.24) is 10.9 Å². The number of halogens is 1. The Balaban J connectivity index is 1.97. The first-order valence-electron chi connectivity index (χ1n) is 6.26. The van der Waals surface area contributed by atoms with Crippen LogP contribution in [-0.4, -0.2) is 13.0 Å². The van der Waals surface area contributed by atoms with Crippen molar-refractivity contribution in [3.8, 4) is 5.75 Å². The van der Waals surface area contributed by atoms with Crippen molar-refractivity contribution in [3.05, 3.63) is 70.7 Å². The lowest BCUT2D eigenvalue weighted by Crippen LogP contribution is -2.36. The molecule has 0 heterocycles. The fourth-order valence-electron chi connectivity index (χ4n) is 1.71. The maximum absolute atomic E-state index is 12.0. The first kappa shape index (κ1) is 15.1. The normalized spacial score (nSPS) is 9.81. The number of hydrazine groups is 1. The van der Waals surface area contributed by atoms with Gasteiger partial charge in [-0.15, -0.1) is 0 Å². The molecule has 0 fully saturated rings. The second-order valence-corrected chi connectivity index (χ2v) is 5.12. The SMILES string of the molecule is C=C(NNC(=O)c1ccccc1Br)c1ccc(OC)cc1. The van der Waals surface area contributed by atoms with Crippen molar-refractivity contribution in [2.75, 3.05) is 7.11 Å². The number of ether oxygens (including phenoxy) is 1. The molecule has 2 rings (SSSR count). The van der Waals surface area contributed by atoms with Gasteiger partial charge in [0.25, 0.3) is 5.91 Å². The molecule has 0 aliphatic carbocycles. The topological polar surface area (TPSA) is 50.4 Å². The van der Waals surface area contributed by atoms with Crippen LogP contribution in [0.4, 0.5) is 0 Å². The van der Waals surface area contributed by atoms with Crippen molar-refractivity contribution < 1.29 is 9.53 Å². The Bertz CT molecular complexity index is 654. The summed E-state index contributed by atoms with van der Waals surface area (Å²) in [5.74, 6) is 0.529. The average molecular weight is 347 g/mol. The van der Waals surface area contributed by atoms with Gasteiger partial charge in [-0.1, -0.05) is 18.7 Å². The van der Waals surface area contributed by atoms with Crippen molar-refractivity contribution in [2.24, 2.45) is 0 Å². The number of methoxy groups -OCH3 is 1. The Morgan fingerprint density at radius 1 is 1.10 bits per heavy atom. The second kappa shape index (κ2) is 6.95. The van der Waals surface area contributed by atoms with E-state index in [1.165, 1.54) is 0 Å². The van der Waals surface area contributed by atoms with Gasteiger partial charge in [0, 0.05) is 4.47 Å². The Morgan fingerprint density at radius 3 is 2.38 bits per heavy atom. The Hall–Kier alpha value is -2.27. The minimum Gasteiger partial charge on any atom is -0.497 e. The molecular weight excluding hydrogens is 332 g/mol. The van der Waals surface area contributed by atoms with Crippen LogP contribution in [0.2, 0.25) is 0 Å². The highest BCUT2D eigenvalue weighted by Crippen LogP contribution is 2.17. The van der Waals surface area contributed by atoms with Crippen LogP contribution >= 0.6 is 15.9 Å². The molecule has 0 aromatic heterocycles. The van der Waals surface area contributed by atoms with Gasteiger partial charge in [0.1, 0.15) is 5.75 Å². The van der Waals surface area contributed by atoms with Gasteiger partial charge in [-0.3, -0.25) is 15.6 Å². The number of carbonyl (C=O) groups excluding carboxylic acids is 1. The van der Waals surface area contributed by atoms with E-state index in [-0.39, 0.29) is 5.91 Å². The molecule has 0 atom stereocenters. The zero-order valence-electron chi connectivity index (χ0n) is 11.5. The molecule has 0 radical (unpaired) electrons. The molecule has 0 bridgehead atoms. The molecule has 0 aliphatic heterocycles. The average Bonchev–Trinajstić information content (AvgIpc) is 2.52. The third-order valence-corrected chi connectivity index (χ3v) is 3.58. The second-order valence-electron chi connectivity index (χ2n) is 4.27. The summed E-state index contributed by atoms with van der Waals surface area (Å²) in [6.07, 6.45) is 0. The van der Waals surface area contributed by atoms with Crippen LogP contribution in [0.25, 0.3) is 5.70 Å². The number of amides is 1. The van der Waals surface area contributed by atoms with E-state index >= 15 is 0 Å². The van der Waals surface area contributed by atoms with Gasteiger partial charge in [-0.2, -0.15) is 0 Å². The maximum Gasteiger partial charge on any atom is 0.270 e. The predicted molar refractivity (Wildman–Crippen MR) is 86.8 cm³/mol. The molecule has 0 saturated carbocycles. The van der Waals surface area contributed by atoms with E-state index in [1.807, 2.05) is 36.4 Å². The molecule has 5 heteroatoms. The summed E-state index contributed by atoms with van der Waals surface area (Å²) in [5.41, 5.74) is 7.43. The van der Waals surface area contributed by atoms with Gasteiger partial charge in [0.05, 0.1) is 18.4 Å². The molecule has 0 aliphatic rings. The Kier molecular flexibility index (Phi) is 5.00. The van der Waals surface area contributed by atoms with E-state index in [1.54, 1.807) is 19.2 Å². The summed E-state index contributed by atoms with van der Waals surface area (Å²) in [6.45, 7) is 3.89. The van der Waals surface area contributed by atoms with Crippen LogP contribution in [0.15, 0.2) is 59.6 Å². The molecule has 4 nitrogen and oxygen atoms in total. The van der Waals surface area contributed by atoms with Crippen LogP contribution in [0.1, 0.15) is 15.9 Å². The lowest BCUT2D eigenvalue weighted by molar-refractivity contribution is 0.0941. The third-order valence-electron chi connectivity index (χ3n) is 2.88. The minimum absolute atomic E-state index is 0.239. The molecular formula is C16H15BrN2O2. The van der Waals surface area contributed by atoms with Crippen molar-refractivity contribution in [3.63, 3.8) is 0 Å². The van der Waals surface area contributed by atoms with Gasteiger partial charge in [-0.25, -0.2) is 0 Å². The largest absolute Gasteiger partial charge is 0.497 e. The lowest BCUT2D eigenvalue weighted by Gasteiger charge is -2.12. The molecule has 2 aromatic carbocycles. The van der Waals surface area contributed by atoms with Crippen molar-refractivity contribution >= 4 is 27.5 Å². The monoisotopic (exact) mass is 346 g/mol. The molecule has 2 aromatic rings. The quantitative estimate of drug-likeness (QED) is 0.816. The highest BCUT2D eigenvalue weighted by molar-refractivity contribution is 9.10. The van der Waals surface area contributed by atoms with Gasteiger partial charge in [0.15, 0.2) is 0 Å². The fourth-order valence-corrected chi connectivity index (χ4v) is 2.17. The summed E-state index contributed by atoms with van der Waals surface area (Å²) in [7, 11) is 1.61. The van der Waals surface area contributed by atoms with E-state index < -0.39 is 0 Å². The summed E-state index contributed by atoms with van der Waals surface area (Å²) in [4.78, 5) is 12.0. The van der Waals surface area contributed by atoms with E-state index in [0.717, 1.165) is 15.8 Å². The smallest absolute Gasteiger partial charge is 0.270 e. The summed E-state index contributed by atoms with van der Waals surface area (Å²) >= 11 is 3.34. The van der Waals surface area contributed by atoms with Crippen LogP contribution in [0.5, 0.6) is 5.75 Å². The van der Waals surface area contributed by atoms with Gasteiger partial charge in [-0.05, 0) is 57.9 Å². The van der Waals surface area contributed by atoms with E-state index in [2.05, 4.69) is 33.4 Å². The zero-order chi connectivity index (χ0) is 15.2. The first-order chi connectivity index (χ1) is 10.1. The summed E-state index contributed by atoms with van der Waals surface area (Å²) < 4.78 is 5.83. The van der Waals surface area contributed by atoms with Gasteiger partial charge < -0.3 is 4.74 Å². The van der Waals surface area contributed by atoms with E-state index in [0.29, 0.717) is 11.3 Å². The van der Waals surface area contributed by atoms with Crippen molar-refractivity contribution in [1.29, 1.82) is 0 Å². The number of benzene rings is 2. The van der Waals surface area contributed by atoms with Crippen LogP contribution in [0, 0.1) is 0 Å². The summed E-state index contributed by atoms with van der Waals surface area (Å²) in [5, 5.41) is 0. The Morgan fingerprint density at radius 2 is 1.76 bits per heavy atom. The van der Waals surface area contributed by atoms with Crippen LogP contribution in [-0.2, 0) is 0 Å². The number of carbonyl (C=O) groups is 1. The third kappa shape index (κ3) is 3.86. The molecule has 1 amide bonds. The summed E-state index contributed by atoms with van der Waals surface area (Å²) in [6, 6.07) is 14.6. The zero-order valence-corrected chi connectivity index (χ0v) is 13.1. The van der Waals surface area contributed by atoms with Gasteiger partial charge >= 0.3 is 0 Å². The minimum atomic E-state index is -0.239. The molecule has 0 spiro atoms. The molecule has 2 N–H and O–H groups in total. The fraction of sp³-hybridized carbons (Fsp3) is 0.0625. The molecule has 21 heavy (non-hydrogen) atoms. The van der Waals surface area contributed by atoms with E-state index in [4.69, 9.17) is 4.74 Å². The molecule has 0 unspecified atom stereocenters. The highest BCUT2D eigenvalue weighted by Gasteiger charge is 2.09. The molecule has 0 saturated heterocycles. The number of nitrogens with one attached hydrogen (secondary N) is 2. The molecule has 108 valence electrons. The first-order valence-corrected chi connectivity index (χ1v) is 7.05. The Labute approximate surface area is 131 Å². The number of rotatable bonds is 5. The van der Waals surface area contributed by atoms with E-state index in [9.17, 15) is 4.79 Å². The van der Waals surface area contributed by atoms with Gasteiger partial charge in [0.2, 0.25) is 0 Å². The standard InChI is InChI=1S/C16H15BrN2O2/c1-11(12-7-9-13(21-2)10-8-12)18-19-16(20)14-5-3-4-6-15(14)17/h3-10,18H,1H2,2H3,(H,19,20). The predicted octanol–water partition coefficient (Wildman–Crippen LogP) is 3.36. The number of hydrogen-bond donors (Lipinski definition) is 2. The van der Waals surface area contributed by atoms with Crippen molar-refractivity contribution in [2.45, 2.75) is 0 Å². The van der Waals surface area contributed by atoms with Crippen LogP contribution in [0.3, 0.4) is 0 Å². The number of hydrogen-bond acceptors (Lipinski definition) is 3. The maximum atomic E-state index is 12.0. The lowest BCUT2D eigenvalue weighted by atomic mass is 10.2. The highest BCUT2D eigenvalue weighted by atomic mass is 79.9.